The zero-order valence-electron chi connectivity index (χ0n) is 21.2. The number of alkyl carbamates (subject to hydrolysis) is 1. The van der Waals surface area contributed by atoms with Crippen molar-refractivity contribution in [2.75, 3.05) is 33.4 Å². The van der Waals surface area contributed by atoms with E-state index in [0.717, 1.165) is 11.1 Å². The van der Waals surface area contributed by atoms with Crippen molar-refractivity contribution in [3.8, 4) is 11.5 Å². The molecule has 36 heavy (non-hydrogen) atoms. The van der Waals surface area contributed by atoms with Crippen molar-refractivity contribution >= 4 is 12.0 Å². The van der Waals surface area contributed by atoms with Gasteiger partial charge < -0.3 is 29.5 Å². The molecule has 0 unspecified atom stereocenters. The number of aliphatic hydroxyl groups excluding tert-OH is 1. The Morgan fingerprint density at radius 3 is 2.58 bits per heavy atom. The summed E-state index contributed by atoms with van der Waals surface area (Å²) in [6, 6.07) is 15.2. The zero-order valence-corrected chi connectivity index (χ0v) is 21.2. The van der Waals surface area contributed by atoms with Gasteiger partial charge in [0.25, 0.3) is 0 Å². The first-order chi connectivity index (χ1) is 17.3. The second-order valence-electron chi connectivity index (χ2n) is 10.1. The highest BCUT2D eigenvalue weighted by molar-refractivity contribution is 5.82. The molecule has 2 aliphatic rings. The molecule has 8 nitrogen and oxygen atoms in total. The third kappa shape index (κ3) is 6.10. The summed E-state index contributed by atoms with van der Waals surface area (Å²) in [7, 11) is 1.62. The third-order valence-electron chi connectivity index (χ3n) is 7.40. The molecule has 194 valence electrons. The van der Waals surface area contributed by atoms with Gasteiger partial charge in [-0.1, -0.05) is 43.3 Å². The standard InChI is InChI=1S/C28H36N2O6/c1-19(31)28(2)18-30(26(32)14-29-27(33)36-17-20-7-5-4-6-8-20)15-23(28)22-11-12-24(34-3)25(13-22)35-16-21-9-10-21/h4-8,11-13,19,21,23,31H,9-10,14-18H2,1-3H3,(H,29,33)/t19-,23+,28+/m1/s1. The second kappa shape index (κ2) is 11.2. The number of methoxy groups -OCH3 is 1. The number of benzene rings is 2. The number of carbonyl (C=O) groups is 2. The minimum Gasteiger partial charge on any atom is -0.493 e. The summed E-state index contributed by atoms with van der Waals surface area (Å²) >= 11 is 0. The lowest BCUT2D eigenvalue weighted by atomic mass is 9.72. The van der Waals surface area contributed by atoms with Crippen LogP contribution >= 0.6 is 0 Å². The van der Waals surface area contributed by atoms with Crippen molar-refractivity contribution in [1.29, 1.82) is 0 Å². The summed E-state index contributed by atoms with van der Waals surface area (Å²) in [4.78, 5) is 26.8. The lowest BCUT2D eigenvalue weighted by Crippen LogP contribution is -2.41. The van der Waals surface area contributed by atoms with Crippen molar-refractivity contribution in [1.82, 2.24) is 10.2 Å². The fourth-order valence-electron chi connectivity index (χ4n) is 4.66. The highest BCUT2D eigenvalue weighted by Crippen LogP contribution is 2.47. The van der Waals surface area contributed by atoms with Crippen molar-refractivity contribution < 1.29 is 28.9 Å². The molecule has 0 spiro atoms. The van der Waals surface area contributed by atoms with E-state index in [4.69, 9.17) is 14.2 Å². The molecule has 2 N–H and O–H groups in total. The Bertz CT molecular complexity index is 1060. The Morgan fingerprint density at radius 1 is 1.17 bits per heavy atom. The molecule has 2 fully saturated rings. The summed E-state index contributed by atoms with van der Waals surface area (Å²) < 4.78 is 16.7. The number of aliphatic hydroxyl groups is 1. The fourth-order valence-corrected chi connectivity index (χ4v) is 4.66. The first-order valence-corrected chi connectivity index (χ1v) is 12.5. The van der Waals surface area contributed by atoms with Crippen LogP contribution in [0.1, 0.15) is 43.7 Å². The first kappa shape index (κ1) is 25.8. The average Bonchev–Trinajstić information content (AvgIpc) is 3.65. The van der Waals surface area contributed by atoms with E-state index in [-0.39, 0.29) is 25.0 Å². The normalized spacial score (nSPS) is 22.1. The Labute approximate surface area is 212 Å². The first-order valence-electron chi connectivity index (χ1n) is 12.5. The average molecular weight is 497 g/mol. The number of hydrogen-bond donors (Lipinski definition) is 2. The molecule has 1 saturated heterocycles. The molecule has 2 amide bonds. The number of ether oxygens (including phenoxy) is 3. The number of hydrogen-bond acceptors (Lipinski definition) is 6. The van der Waals surface area contributed by atoms with E-state index in [2.05, 4.69) is 5.32 Å². The molecule has 2 aromatic carbocycles. The molecule has 0 radical (unpaired) electrons. The van der Waals surface area contributed by atoms with E-state index >= 15 is 0 Å². The van der Waals surface area contributed by atoms with Crippen molar-refractivity contribution in [2.24, 2.45) is 11.3 Å². The smallest absolute Gasteiger partial charge is 0.407 e. The number of carbonyl (C=O) groups excluding carboxylic acids is 2. The van der Waals surface area contributed by atoms with Crippen LogP contribution in [0.4, 0.5) is 4.79 Å². The predicted molar refractivity (Wildman–Crippen MR) is 135 cm³/mol. The summed E-state index contributed by atoms with van der Waals surface area (Å²) in [5, 5.41) is 13.3. The van der Waals surface area contributed by atoms with Gasteiger partial charge in [-0.15, -0.1) is 0 Å². The Kier molecular flexibility index (Phi) is 8.04. The molecule has 1 aliphatic heterocycles. The van der Waals surface area contributed by atoms with E-state index in [1.807, 2.05) is 55.5 Å². The number of likely N-dealkylation sites (tertiary alicyclic amines) is 1. The maximum absolute atomic E-state index is 13.0. The number of nitrogens with zero attached hydrogens (tertiary/aromatic N) is 1. The van der Waals surface area contributed by atoms with E-state index in [1.54, 1.807) is 18.9 Å². The highest BCUT2D eigenvalue weighted by atomic mass is 16.5. The number of rotatable bonds is 10. The highest BCUT2D eigenvalue weighted by Gasteiger charge is 2.48. The van der Waals surface area contributed by atoms with Crippen LogP contribution in [0, 0.1) is 11.3 Å². The Balaban J connectivity index is 1.39. The Hall–Kier alpha value is -3.26. The maximum atomic E-state index is 13.0. The SMILES string of the molecule is COc1ccc([C@@H]2CN(C(=O)CNC(=O)OCc3ccccc3)C[C@@]2(C)[C@@H](C)O)cc1OCC1CC1. The zero-order chi connectivity index (χ0) is 25.7. The van der Waals surface area contributed by atoms with Gasteiger partial charge in [-0.05, 0) is 48.9 Å². The van der Waals surface area contributed by atoms with Crippen LogP contribution in [0.25, 0.3) is 0 Å². The minimum absolute atomic E-state index is 0.110. The summed E-state index contributed by atoms with van der Waals surface area (Å²) in [5.41, 5.74) is 1.29. The summed E-state index contributed by atoms with van der Waals surface area (Å²) in [6.45, 7) is 5.17. The molecule has 8 heteroatoms. The van der Waals surface area contributed by atoms with Gasteiger partial charge in [0.1, 0.15) is 13.2 Å². The largest absolute Gasteiger partial charge is 0.493 e. The predicted octanol–water partition coefficient (Wildman–Crippen LogP) is 3.72. The molecular formula is C28H36N2O6. The van der Waals surface area contributed by atoms with E-state index in [9.17, 15) is 14.7 Å². The summed E-state index contributed by atoms with van der Waals surface area (Å²) in [6.07, 6.45) is 1.08. The Morgan fingerprint density at radius 2 is 1.92 bits per heavy atom. The van der Waals surface area contributed by atoms with Crippen LogP contribution in [0.5, 0.6) is 11.5 Å². The molecule has 4 rings (SSSR count). The van der Waals surface area contributed by atoms with Crippen molar-refractivity contribution in [3.63, 3.8) is 0 Å². The van der Waals surface area contributed by atoms with Gasteiger partial charge in [0, 0.05) is 24.4 Å². The van der Waals surface area contributed by atoms with Crippen molar-refractivity contribution in [2.45, 2.75) is 45.3 Å². The van der Waals surface area contributed by atoms with Crippen LogP contribution in [0.2, 0.25) is 0 Å². The van der Waals surface area contributed by atoms with Gasteiger partial charge in [0.2, 0.25) is 5.91 Å². The van der Waals surface area contributed by atoms with Gasteiger partial charge in [-0.25, -0.2) is 4.79 Å². The van der Waals surface area contributed by atoms with Crippen LogP contribution in [0.15, 0.2) is 48.5 Å². The van der Waals surface area contributed by atoms with E-state index < -0.39 is 17.6 Å². The molecule has 0 bridgehead atoms. The van der Waals surface area contributed by atoms with Gasteiger partial charge in [0.15, 0.2) is 11.5 Å². The van der Waals surface area contributed by atoms with Crippen LogP contribution in [-0.2, 0) is 16.1 Å². The van der Waals surface area contributed by atoms with Crippen LogP contribution < -0.4 is 14.8 Å². The van der Waals surface area contributed by atoms with Crippen LogP contribution in [-0.4, -0.2) is 61.5 Å². The van der Waals surface area contributed by atoms with E-state index in [1.165, 1.54) is 12.8 Å². The molecule has 3 atom stereocenters. The number of amides is 2. The molecule has 0 aromatic heterocycles. The number of nitrogens with one attached hydrogen (secondary N) is 1. The topological polar surface area (TPSA) is 97.3 Å². The maximum Gasteiger partial charge on any atom is 0.407 e. The lowest BCUT2D eigenvalue weighted by molar-refractivity contribution is -0.129. The third-order valence-corrected chi connectivity index (χ3v) is 7.40. The van der Waals surface area contributed by atoms with Crippen molar-refractivity contribution in [3.05, 3.63) is 59.7 Å². The molecule has 1 heterocycles. The molecule has 1 saturated carbocycles. The summed E-state index contributed by atoms with van der Waals surface area (Å²) in [5.74, 6) is 1.62. The van der Waals surface area contributed by atoms with E-state index in [0.29, 0.717) is 37.1 Å². The molecule has 1 aliphatic carbocycles. The fraction of sp³-hybridized carbons (Fsp3) is 0.500. The second-order valence-corrected chi connectivity index (χ2v) is 10.1. The molecule has 2 aromatic rings. The molecular weight excluding hydrogens is 460 g/mol. The van der Waals surface area contributed by atoms with Gasteiger partial charge in [-0.2, -0.15) is 0 Å². The lowest BCUT2D eigenvalue weighted by Gasteiger charge is -2.33. The quantitative estimate of drug-likeness (QED) is 0.520. The van der Waals surface area contributed by atoms with Gasteiger partial charge in [-0.3, -0.25) is 4.79 Å². The monoisotopic (exact) mass is 496 g/mol. The van der Waals surface area contributed by atoms with Gasteiger partial charge in [0.05, 0.1) is 19.8 Å². The van der Waals surface area contributed by atoms with Crippen LogP contribution in [0.3, 0.4) is 0 Å². The minimum atomic E-state index is -0.651. The van der Waals surface area contributed by atoms with Gasteiger partial charge >= 0.3 is 6.09 Å².